The van der Waals surface area contributed by atoms with Gasteiger partial charge in [0.2, 0.25) is 0 Å². The van der Waals surface area contributed by atoms with Crippen molar-refractivity contribution >= 4 is 46.1 Å². The molecule has 172 valence electrons. The van der Waals surface area contributed by atoms with Gasteiger partial charge in [0.25, 0.3) is 11.5 Å². The summed E-state index contributed by atoms with van der Waals surface area (Å²) in [6.07, 6.45) is 1.75. The lowest BCUT2D eigenvalue weighted by Crippen LogP contribution is -2.49. The van der Waals surface area contributed by atoms with Crippen molar-refractivity contribution in [3.8, 4) is 6.07 Å². The third kappa shape index (κ3) is 4.74. The molecular weight excluding hydrogens is 450 g/mol. The second-order valence-electron chi connectivity index (χ2n) is 7.59. The maximum Gasteiger partial charge on any atom is 0.270 e. The summed E-state index contributed by atoms with van der Waals surface area (Å²) in [5, 5.41) is 18.8. The summed E-state index contributed by atoms with van der Waals surface area (Å²) < 4.78 is 7.02. The van der Waals surface area contributed by atoms with Gasteiger partial charge in [-0.1, -0.05) is 24.0 Å². The molecule has 1 aromatic heterocycles. The van der Waals surface area contributed by atoms with Gasteiger partial charge in [-0.05, 0) is 18.6 Å². The second-order valence-corrected chi connectivity index (χ2v) is 9.27. The molecule has 0 atom stereocenters. The molecule has 1 aromatic rings. The Balaban J connectivity index is 2.06. The van der Waals surface area contributed by atoms with Crippen LogP contribution < -0.4 is 10.5 Å². The summed E-state index contributed by atoms with van der Waals surface area (Å²) >= 11 is 6.59. The zero-order valence-corrected chi connectivity index (χ0v) is 20.1. The minimum atomic E-state index is -0.359. The van der Waals surface area contributed by atoms with Crippen LogP contribution >= 0.6 is 24.0 Å². The van der Waals surface area contributed by atoms with Crippen molar-refractivity contribution in [2.45, 2.75) is 6.92 Å². The summed E-state index contributed by atoms with van der Waals surface area (Å²) in [7, 11) is 3.22. The molecule has 0 bridgehead atoms. The standard InChI is InChI=1S/C21H27N5O4S2/c1-14-15(12-17-20(29)26(9-11-30-3)21(31)32-17)18(23(2)19(28)16(14)13-22)25-6-4-24(5-7-25)8-10-27/h12,27H,4-11H2,1-3H3/b17-12-. The van der Waals surface area contributed by atoms with E-state index in [1.165, 1.54) is 21.2 Å². The molecule has 0 unspecified atom stereocenters. The fraction of sp³-hybridized carbons (Fsp3) is 0.524. The molecule has 0 saturated carbocycles. The normalized spacial score (nSPS) is 18.7. The van der Waals surface area contributed by atoms with E-state index in [-0.39, 0.29) is 23.6 Å². The number of thiocarbonyl (C=S) groups is 1. The van der Waals surface area contributed by atoms with E-state index in [0.29, 0.717) is 59.0 Å². The summed E-state index contributed by atoms with van der Waals surface area (Å²) in [5.74, 6) is 0.472. The van der Waals surface area contributed by atoms with Gasteiger partial charge in [0.1, 0.15) is 21.8 Å². The Kier molecular flexibility index (Phi) is 8.08. The van der Waals surface area contributed by atoms with Crippen molar-refractivity contribution in [1.82, 2.24) is 14.4 Å². The first-order chi connectivity index (χ1) is 15.3. The topological polar surface area (TPSA) is 102 Å². The summed E-state index contributed by atoms with van der Waals surface area (Å²) in [6.45, 7) is 6.00. The largest absolute Gasteiger partial charge is 0.395 e. The highest BCUT2D eigenvalue weighted by Gasteiger charge is 2.33. The van der Waals surface area contributed by atoms with Crippen LogP contribution in [0.25, 0.3) is 6.08 Å². The van der Waals surface area contributed by atoms with Gasteiger partial charge in [0.15, 0.2) is 0 Å². The summed E-state index contributed by atoms with van der Waals surface area (Å²) in [4.78, 5) is 32.0. The van der Waals surface area contributed by atoms with Crippen molar-refractivity contribution in [2.75, 3.05) is 64.5 Å². The van der Waals surface area contributed by atoms with Crippen molar-refractivity contribution in [3.63, 3.8) is 0 Å². The monoisotopic (exact) mass is 477 g/mol. The van der Waals surface area contributed by atoms with Gasteiger partial charge in [-0.3, -0.25) is 24.0 Å². The van der Waals surface area contributed by atoms with Crippen LogP contribution in [-0.2, 0) is 16.6 Å². The number of β-amino-alcohol motifs (C(OH)–C–C–N with tert-alkyl or cyclic N) is 1. The molecule has 1 N–H and O–H groups in total. The average Bonchev–Trinajstić information content (AvgIpc) is 3.04. The number of methoxy groups -OCH3 is 1. The van der Waals surface area contributed by atoms with Gasteiger partial charge < -0.3 is 14.7 Å². The first-order valence-electron chi connectivity index (χ1n) is 10.3. The van der Waals surface area contributed by atoms with Crippen molar-refractivity contribution in [1.29, 1.82) is 5.26 Å². The number of hydrogen-bond donors (Lipinski definition) is 1. The fourth-order valence-electron chi connectivity index (χ4n) is 3.93. The number of thioether (sulfide) groups is 1. The van der Waals surface area contributed by atoms with Crippen LogP contribution in [0.1, 0.15) is 16.7 Å². The molecule has 3 heterocycles. The number of carbonyl (C=O) groups is 1. The van der Waals surface area contributed by atoms with Crippen LogP contribution in [0.3, 0.4) is 0 Å². The van der Waals surface area contributed by atoms with Crippen LogP contribution in [0.4, 0.5) is 5.82 Å². The maximum absolute atomic E-state index is 13.0. The molecule has 3 rings (SSSR count). The van der Waals surface area contributed by atoms with Crippen molar-refractivity contribution < 1.29 is 14.6 Å². The molecule has 0 radical (unpaired) electrons. The molecule has 0 spiro atoms. The second kappa shape index (κ2) is 10.6. The number of anilines is 1. The number of nitriles is 1. The first-order valence-corrected chi connectivity index (χ1v) is 11.5. The predicted molar refractivity (Wildman–Crippen MR) is 129 cm³/mol. The van der Waals surface area contributed by atoms with Gasteiger partial charge in [-0.2, -0.15) is 5.26 Å². The predicted octanol–water partition coefficient (Wildman–Crippen LogP) is 0.527. The Morgan fingerprint density at radius 3 is 2.53 bits per heavy atom. The Morgan fingerprint density at radius 2 is 1.94 bits per heavy atom. The summed E-state index contributed by atoms with van der Waals surface area (Å²) in [6, 6.07) is 2.02. The molecule has 2 aliphatic rings. The van der Waals surface area contributed by atoms with Gasteiger partial charge in [-0.25, -0.2) is 0 Å². The quantitative estimate of drug-likeness (QED) is 0.445. The average molecular weight is 478 g/mol. The number of aromatic nitrogens is 1. The fourth-order valence-corrected chi connectivity index (χ4v) is 5.22. The highest BCUT2D eigenvalue weighted by molar-refractivity contribution is 8.26. The number of ether oxygens (including phenoxy) is 1. The minimum absolute atomic E-state index is 0.0660. The lowest BCUT2D eigenvalue weighted by atomic mass is 10.0. The van der Waals surface area contributed by atoms with E-state index in [1.807, 2.05) is 6.07 Å². The number of pyridine rings is 1. The Morgan fingerprint density at radius 1 is 1.25 bits per heavy atom. The molecule has 9 nitrogen and oxygen atoms in total. The molecule has 0 aliphatic carbocycles. The highest BCUT2D eigenvalue weighted by Crippen LogP contribution is 2.35. The molecular formula is C21H27N5O4S2. The minimum Gasteiger partial charge on any atom is -0.395 e. The van der Waals surface area contributed by atoms with E-state index in [1.54, 1.807) is 27.2 Å². The van der Waals surface area contributed by atoms with E-state index in [2.05, 4.69) is 9.80 Å². The number of hydrogen-bond acceptors (Lipinski definition) is 9. The zero-order valence-electron chi connectivity index (χ0n) is 18.5. The maximum atomic E-state index is 13.0. The van der Waals surface area contributed by atoms with E-state index >= 15 is 0 Å². The van der Waals surface area contributed by atoms with Gasteiger partial charge >= 0.3 is 0 Å². The molecule has 1 amide bonds. The SMILES string of the molecule is COCCN1C(=O)/C(=C/c2c(C)c(C#N)c(=O)n(C)c2N2CCN(CCO)CC2)SC1=S. The Hall–Kier alpha value is -2.23. The third-order valence-electron chi connectivity index (χ3n) is 5.72. The molecule has 32 heavy (non-hydrogen) atoms. The van der Waals surface area contributed by atoms with Crippen LogP contribution in [0, 0.1) is 18.3 Å². The van der Waals surface area contributed by atoms with Crippen molar-refractivity contribution in [3.05, 3.63) is 31.9 Å². The lowest BCUT2D eigenvalue weighted by molar-refractivity contribution is -0.122. The van der Waals surface area contributed by atoms with E-state index in [4.69, 9.17) is 17.0 Å². The molecule has 0 aromatic carbocycles. The number of amides is 1. The third-order valence-corrected chi connectivity index (χ3v) is 7.10. The smallest absolute Gasteiger partial charge is 0.270 e. The van der Waals surface area contributed by atoms with Crippen LogP contribution in [-0.4, -0.2) is 89.3 Å². The molecule has 2 aliphatic heterocycles. The number of nitrogens with zero attached hydrogens (tertiary/aromatic N) is 5. The van der Waals surface area contributed by atoms with Gasteiger partial charge in [0, 0.05) is 52.4 Å². The van der Waals surface area contributed by atoms with Crippen molar-refractivity contribution in [2.24, 2.45) is 7.05 Å². The number of aliphatic hydroxyl groups excluding tert-OH is 1. The first kappa shape index (κ1) is 24.4. The number of piperazine rings is 1. The van der Waals surface area contributed by atoms with E-state index in [9.17, 15) is 20.0 Å². The number of carbonyl (C=O) groups excluding carboxylic acids is 1. The Labute approximate surface area is 196 Å². The summed E-state index contributed by atoms with van der Waals surface area (Å²) in [5.41, 5.74) is 0.927. The van der Waals surface area contributed by atoms with Gasteiger partial charge in [-0.15, -0.1) is 0 Å². The number of aliphatic hydroxyl groups is 1. The molecule has 2 saturated heterocycles. The van der Waals surface area contributed by atoms with E-state index in [0.717, 1.165) is 13.1 Å². The van der Waals surface area contributed by atoms with Crippen LogP contribution in [0.5, 0.6) is 0 Å². The van der Waals surface area contributed by atoms with Gasteiger partial charge in [0.05, 0.1) is 24.7 Å². The molecule has 2 fully saturated rings. The Bertz CT molecular complexity index is 1040. The van der Waals surface area contributed by atoms with Crippen LogP contribution in [0.2, 0.25) is 0 Å². The zero-order chi connectivity index (χ0) is 23.4. The van der Waals surface area contributed by atoms with E-state index < -0.39 is 0 Å². The molecule has 11 heteroatoms. The number of rotatable bonds is 7. The lowest BCUT2D eigenvalue weighted by Gasteiger charge is -2.37. The van der Waals surface area contributed by atoms with Crippen LogP contribution in [0.15, 0.2) is 9.70 Å². The highest BCUT2D eigenvalue weighted by atomic mass is 32.2.